The van der Waals surface area contributed by atoms with Gasteiger partial charge in [0.25, 0.3) is 0 Å². The number of alkyl halides is 1. The van der Waals surface area contributed by atoms with E-state index in [4.69, 9.17) is 11.6 Å². The van der Waals surface area contributed by atoms with E-state index in [2.05, 4.69) is 5.32 Å². The van der Waals surface area contributed by atoms with Gasteiger partial charge in [-0.25, -0.2) is 0 Å². The molecule has 0 saturated heterocycles. The van der Waals surface area contributed by atoms with E-state index in [9.17, 15) is 4.79 Å². The minimum Gasteiger partial charge on any atom is -0.357 e. The van der Waals surface area contributed by atoms with Crippen molar-refractivity contribution in [3.05, 3.63) is 24.0 Å². The van der Waals surface area contributed by atoms with Crippen molar-refractivity contribution in [3.63, 3.8) is 0 Å². The third-order valence-electron chi connectivity index (χ3n) is 1.92. The highest BCUT2D eigenvalue weighted by molar-refractivity contribution is 6.17. The van der Waals surface area contributed by atoms with Crippen molar-refractivity contribution in [2.75, 3.05) is 5.88 Å². The van der Waals surface area contributed by atoms with Crippen molar-refractivity contribution < 1.29 is 4.79 Å². The molecule has 78 valence electrons. The maximum Gasteiger partial charge on any atom is 0.220 e. The van der Waals surface area contributed by atoms with E-state index in [1.165, 1.54) is 0 Å². The molecular formula is C10H15ClN2O. The van der Waals surface area contributed by atoms with Gasteiger partial charge < -0.3 is 9.88 Å². The molecule has 1 amide bonds. The Morgan fingerprint density at radius 1 is 1.64 bits per heavy atom. The van der Waals surface area contributed by atoms with Crippen molar-refractivity contribution in [1.29, 1.82) is 0 Å². The first-order valence-electron chi connectivity index (χ1n) is 4.66. The molecule has 3 nitrogen and oxygen atoms in total. The Bertz CT molecular complexity index is 296. The van der Waals surface area contributed by atoms with Crippen LogP contribution in [0.2, 0.25) is 0 Å². The number of carbonyl (C=O) groups is 1. The zero-order chi connectivity index (χ0) is 10.4. The molecule has 4 heteroatoms. The number of carbonyl (C=O) groups excluding carboxylic acids is 1. The predicted molar refractivity (Wildman–Crippen MR) is 57.2 cm³/mol. The zero-order valence-corrected chi connectivity index (χ0v) is 9.05. The van der Waals surface area contributed by atoms with Crippen molar-refractivity contribution in [3.8, 4) is 0 Å². The molecule has 1 heterocycles. The summed E-state index contributed by atoms with van der Waals surface area (Å²) in [5.74, 6) is 0.605. The Balaban J connectivity index is 2.23. The fraction of sp³-hybridized carbons (Fsp3) is 0.500. The fourth-order valence-corrected chi connectivity index (χ4v) is 1.32. The molecule has 14 heavy (non-hydrogen) atoms. The largest absolute Gasteiger partial charge is 0.357 e. The van der Waals surface area contributed by atoms with Crippen molar-refractivity contribution >= 4 is 17.5 Å². The number of hydrogen-bond acceptors (Lipinski definition) is 1. The maximum absolute atomic E-state index is 11.2. The summed E-state index contributed by atoms with van der Waals surface area (Å²) in [5, 5.41) is 2.84. The summed E-state index contributed by atoms with van der Waals surface area (Å²) < 4.78 is 1.96. The van der Waals surface area contributed by atoms with E-state index < -0.39 is 0 Å². The van der Waals surface area contributed by atoms with Gasteiger partial charge in [-0.2, -0.15) is 0 Å². The number of nitrogens with zero attached hydrogens (tertiary/aromatic N) is 1. The lowest BCUT2D eigenvalue weighted by Gasteiger charge is -2.02. The van der Waals surface area contributed by atoms with Gasteiger partial charge in [0, 0.05) is 38.3 Å². The Labute approximate surface area is 89.1 Å². The van der Waals surface area contributed by atoms with Crippen molar-refractivity contribution in [2.45, 2.75) is 19.4 Å². The van der Waals surface area contributed by atoms with Crippen LogP contribution < -0.4 is 5.32 Å². The first-order chi connectivity index (χ1) is 6.72. The van der Waals surface area contributed by atoms with Gasteiger partial charge in [-0.3, -0.25) is 4.79 Å². The summed E-state index contributed by atoms with van der Waals surface area (Å²) in [4.78, 5) is 11.2. The molecule has 0 aliphatic heterocycles. The summed E-state index contributed by atoms with van der Waals surface area (Å²) in [6.45, 7) is 0.599. The van der Waals surface area contributed by atoms with Crippen LogP contribution in [0.25, 0.3) is 0 Å². The van der Waals surface area contributed by atoms with Crippen LogP contribution in [0.3, 0.4) is 0 Å². The summed E-state index contributed by atoms with van der Waals surface area (Å²) in [7, 11) is 1.96. The van der Waals surface area contributed by atoms with Gasteiger partial charge in [-0.05, 0) is 18.1 Å². The lowest BCUT2D eigenvalue weighted by Crippen LogP contribution is -2.22. The first-order valence-corrected chi connectivity index (χ1v) is 5.19. The normalized spacial score (nSPS) is 10.1. The highest BCUT2D eigenvalue weighted by Gasteiger charge is 2.00. The number of nitrogens with one attached hydrogen (secondary N) is 1. The van der Waals surface area contributed by atoms with E-state index in [1.54, 1.807) is 0 Å². The summed E-state index contributed by atoms with van der Waals surface area (Å²) >= 11 is 5.48. The van der Waals surface area contributed by atoms with Crippen LogP contribution in [0.15, 0.2) is 18.5 Å². The lowest BCUT2D eigenvalue weighted by molar-refractivity contribution is -0.121. The van der Waals surface area contributed by atoms with E-state index in [1.807, 2.05) is 30.1 Å². The average molecular weight is 215 g/mol. The molecule has 1 aromatic heterocycles. The molecular weight excluding hydrogens is 200 g/mol. The topological polar surface area (TPSA) is 34.0 Å². The number of hydrogen-bond donors (Lipinski definition) is 1. The van der Waals surface area contributed by atoms with Gasteiger partial charge in [0.2, 0.25) is 5.91 Å². The van der Waals surface area contributed by atoms with Crippen molar-refractivity contribution in [2.24, 2.45) is 7.05 Å². The molecule has 1 rings (SSSR count). The standard InChI is InChI=1S/C10H15ClN2O/c1-13-6-4-9(8-13)7-12-10(14)3-2-5-11/h4,6,8H,2-3,5,7H2,1H3,(H,12,14). The lowest BCUT2D eigenvalue weighted by atomic mass is 10.3. The highest BCUT2D eigenvalue weighted by Crippen LogP contribution is 1.99. The van der Waals surface area contributed by atoms with Gasteiger partial charge >= 0.3 is 0 Å². The first kappa shape index (κ1) is 11.1. The molecule has 0 bridgehead atoms. The number of aromatic nitrogens is 1. The SMILES string of the molecule is Cn1ccc(CNC(=O)CCCCl)c1. The van der Waals surface area contributed by atoms with Crippen LogP contribution >= 0.6 is 11.6 Å². The number of rotatable bonds is 5. The fourth-order valence-electron chi connectivity index (χ4n) is 1.18. The van der Waals surface area contributed by atoms with Crippen LogP contribution in [0.4, 0.5) is 0 Å². The smallest absolute Gasteiger partial charge is 0.220 e. The van der Waals surface area contributed by atoms with Gasteiger partial charge in [-0.1, -0.05) is 0 Å². The number of aryl methyl sites for hydroxylation is 1. The molecule has 0 unspecified atom stereocenters. The molecule has 0 spiro atoms. The highest BCUT2D eigenvalue weighted by atomic mass is 35.5. The van der Waals surface area contributed by atoms with Gasteiger partial charge in [0.05, 0.1) is 0 Å². The monoisotopic (exact) mass is 214 g/mol. The molecule has 1 N–H and O–H groups in total. The quantitative estimate of drug-likeness (QED) is 0.744. The summed E-state index contributed by atoms with van der Waals surface area (Å²) in [6, 6.07) is 1.99. The Kier molecular flexibility index (Phi) is 4.53. The Morgan fingerprint density at radius 2 is 2.43 bits per heavy atom. The van der Waals surface area contributed by atoms with Gasteiger partial charge in [0.15, 0.2) is 0 Å². The van der Waals surface area contributed by atoms with E-state index in [-0.39, 0.29) is 5.91 Å². The molecule has 0 fully saturated rings. The second kappa shape index (κ2) is 5.70. The van der Waals surface area contributed by atoms with E-state index >= 15 is 0 Å². The minimum absolute atomic E-state index is 0.0644. The Hall–Kier alpha value is -0.960. The maximum atomic E-state index is 11.2. The van der Waals surface area contributed by atoms with Crippen LogP contribution in [0, 0.1) is 0 Å². The molecule has 0 aliphatic rings. The van der Waals surface area contributed by atoms with Crippen LogP contribution in [0.5, 0.6) is 0 Å². The second-order valence-corrected chi connectivity index (χ2v) is 3.63. The van der Waals surface area contributed by atoms with E-state index in [0.717, 1.165) is 12.0 Å². The molecule has 0 aromatic carbocycles. The summed E-state index contributed by atoms with van der Waals surface area (Å²) in [6.07, 6.45) is 5.20. The van der Waals surface area contributed by atoms with Crippen molar-refractivity contribution in [1.82, 2.24) is 9.88 Å². The molecule has 0 aliphatic carbocycles. The third-order valence-corrected chi connectivity index (χ3v) is 2.19. The second-order valence-electron chi connectivity index (χ2n) is 3.25. The van der Waals surface area contributed by atoms with Gasteiger partial charge in [-0.15, -0.1) is 11.6 Å². The van der Waals surface area contributed by atoms with Gasteiger partial charge in [0.1, 0.15) is 0 Å². The molecule has 1 aromatic rings. The van der Waals surface area contributed by atoms with E-state index in [0.29, 0.717) is 18.8 Å². The van der Waals surface area contributed by atoms with Crippen LogP contribution in [0.1, 0.15) is 18.4 Å². The third kappa shape index (κ3) is 3.83. The minimum atomic E-state index is 0.0644. The van der Waals surface area contributed by atoms with Crippen LogP contribution in [-0.4, -0.2) is 16.4 Å². The average Bonchev–Trinajstić information content (AvgIpc) is 2.58. The predicted octanol–water partition coefficient (Wildman–Crippen LogP) is 1.66. The zero-order valence-electron chi connectivity index (χ0n) is 8.29. The molecule has 0 radical (unpaired) electrons. The Morgan fingerprint density at radius 3 is 3.00 bits per heavy atom. The molecule has 0 saturated carbocycles. The van der Waals surface area contributed by atoms with Crippen LogP contribution in [-0.2, 0) is 18.4 Å². The summed E-state index contributed by atoms with van der Waals surface area (Å²) in [5.41, 5.74) is 1.12. The number of amides is 1. The molecule has 0 atom stereocenters. The number of halogens is 1.